The number of hydrogen-bond acceptors (Lipinski definition) is 7. The Morgan fingerprint density at radius 2 is 2.06 bits per heavy atom. The standard InChI is InChI=1S/C11H24N4O3/c1-5-7-18-8-6-15(2)9-12-10(16-3)14-11(13-9)17-4/h10-11,14H,5-8H2,1-4H3,(H,12,13)/t10-,11+. The fourth-order valence-electron chi connectivity index (χ4n) is 1.48. The van der Waals surface area contributed by atoms with Crippen molar-refractivity contribution in [1.29, 1.82) is 0 Å². The van der Waals surface area contributed by atoms with Crippen LogP contribution in [0.5, 0.6) is 0 Å². The van der Waals surface area contributed by atoms with Crippen LogP contribution in [0.15, 0.2) is 4.99 Å². The minimum Gasteiger partial charge on any atom is -0.380 e. The van der Waals surface area contributed by atoms with E-state index in [4.69, 9.17) is 14.2 Å². The fourth-order valence-corrected chi connectivity index (χ4v) is 1.48. The second kappa shape index (κ2) is 8.25. The molecule has 2 atom stereocenters. The van der Waals surface area contributed by atoms with E-state index in [1.165, 1.54) is 0 Å². The van der Waals surface area contributed by atoms with Crippen LogP contribution in [0.25, 0.3) is 0 Å². The molecular weight excluding hydrogens is 236 g/mol. The van der Waals surface area contributed by atoms with Gasteiger partial charge in [-0.15, -0.1) is 0 Å². The molecule has 0 bridgehead atoms. The van der Waals surface area contributed by atoms with Crippen molar-refractivity contribution in [3.8, 4) is 0 Å². The Bertz CT molecular complexity index is 263. The normalized spacial score (nSPS) is 23.4. The number of nitrogens with one attached hydrogen (secondary N) is 2. The van der Waals surface area contributed by atoms with Gasteiger partial charge in [0.2, 0.25) is 12.3 Å². The maximum atomic E-state index is 5.45. The van der Waals surface area contributed by atoms with E-state index in [0.29, 0.717) is 6.61 Å². The molecule has 0 radical (unpaired) electrons. The van der Waals surface area contributed by atoms with E-state index in [1.54, 1.807) is 14.2 Å². The van der Waals surface area contributed by atoms with Crippen molar-refractivity contribution in [2.45, 2.75) is 26.0 Å². The van der Waals surface area contributed by atoms with E-state index in [9.17, 15) is 0 Å². The predicted molar refractivity (Wildman–Crippen MR) is 69.0 cm³/mol. The van der Waals surface area contributed by atoms with Crippen LogP contribution in [0.3, 0.4) is 0 Å². The topological polar surface area (TPSA) is 67.4 Å². The molecule has 7 nitrogen and oxygen atoms in total. The zero-order chi connectivity index (χ0) is 13.4. The number of hydrogen-bond donors (Lipinski definition) is 2. The minimum absolute atomic E-state index is 0.304. The third-order valence-electron chi connectivity index (χ3n) is 2.53. The Kier molecular flexibility index (Phi) is 6.96. The van der Waals surface area contributed by atoms with Crippen LogP contribution in [0.4, 0.5) is 0 Å². The molecule has 0 aromatic heterocycles. The monoisotopic (exact) mass is 260 g/mol. The first-order valence-corrected chi connectivity index (χ1v) is 6.16. The third-order valence-corrected chi connectivity index (χ3v) is 2.53. The van der Waals surface area contributed by atoms with Crippen LogP contribution in [0.2, 0.25) is 0 Å². The molecular formula is C11H24N4O3. The van der Waals surface area contributed by atoms with Crippen molar-refractivity contribution in [3.63, 3.8) is 0 Å². The Hall–Kier alpha value is -0.890. The number of methoxy groups -OCH3 is 2. The van der Waals surface area contributed by atoms with Gasteiger partial charge in [0.05, 0.1) is 6.61 Å². The summed E-state index contributed by atoms with van der Waals surface area (Å²) in [5, 5.41) is 6.13. The van der Waals surface area contributed by atoms with Crippen molar-refractivity contribution in [2.75, 3.05) is 41.0 Å². The van der Waals surface area contributed by atoms with Gasteiger partial charge in [0.15, 0.2) is 6.35 Å². The molecule has 0 fully saturated rings. The molecule has 0 saturated heterocycles. The van der Waals surface area contributed by atoms with Gasteiger partial charge in [-0.05, 0) is 6.42 Å². The zero-order valence-electron chi connectivity index (χ0n) is 11.6. The fraction of sp³-hybridized carbons (Fsp3) is 0.909. The molecule has 0 aliphatic carbocycles. The average Bonchev–Trinajstić information content (AvgIpc) is 2.42. The smallest absolute Gasteiger partial charge is 0.211 e. The lowest BCUT2D eigenvalue weighted by atomic mass is 10.5. The zero-order valence-corrected chi connectivity index (χ0v) is 11.6. The van der Waals surface area contributed by atoms with E-state index < -0.39 is 6.35 Å². The van der Waals surface area contributed by atoms with Crippen molar-refractivity contribution in [2.24, 2.45) is 4.99 Å². The van der Waals surface area contributed by atoms with Crippen molar-refractivity contribution in [1.82, 2.24) is 15.5 Å². The highest BCUT2D eigenvalue weighted by atomic mass is 16.5. The first-order chi connectivity index (χ1) is 8.71. The van der Waals surface area contributed by atoms with Crippen LogP contribution < -0.4 is 10.6 Å². The second-order valence-electron chi connectivity index (χ2n) is 4.00. The van der Waals surface area contributed by atoms with Crippen LogP contribution in [0, 0.1) is 0 Å². The van der Waals surface area contributed by atoms with Crippen molar-refractivity contribution < 1.29 is 14.2 Å². The van der Waals surface area contributed by atoms with Crippen LogP contribution in [-0.2, 0) is 14.2 Å². The van der Waals surface area contributed by atoms with Gasteiger partial charge in [0.1, 0.15) is 0 Å². The van der Waals surface area contributed by atoms with E-state index >= 15 is 0 Å². The lowest BCUT2D eigenvalue weighted by Gasteiger charge is -2.33. The number of guanidine groups is 1. The SMILES string of the molecule is CCCOCCN(C)C1=N[C@@H](OC)N[C@@H](OC)N1. The summed E-state index contributed by atoms with van der Waals surface area (Å²) >= 11 is 0. The molecule has 1 rings (SSSR count). The molecule has 1 heterocycles. The van der Waals surface area contributed by atoms with Crippen LogP contribution >= 0.6 is 0 Å². The number of rotatable bonds is 7. The molecule has 7 heteroatoms. The number of nitrogens with zero attached hydrogens (tertiary/aromatic N) is 2. The molecule has 0 saturated carbocycles. The van der Waals surface area contributed by atoms with E-state index in [0.717, 1.165) is 25.5 Å². The summed E-state index contributed by atoms with van der Waals surface area (Å²) in [4.78, 5) is 6.34. The van der Waals surface area contributed by atoms with Gasteiger partial charge in [-0.3, -0.25) is 0 Å². The van der Waals surface area contributed by atoms with Gasteiger partial charge in [0, 0.05) is 34.4 Å². The molecule has 0 aromatic carbocycles. The van der Waals surface area contributed by atoms with Gasteiger partial charge < -0.3 is 24.4 Å². The van der Waals surface area contributed by atoms with Gasteiger partial charge in [-0.25, -0.2) is 10.3 Å². The van der Waals surface area contributed by atoms with Crippen LogP contribution in [0.1, 0.15) is 13.3 Å². The maximum absolute atomic E-state index is 5.45. The van der Waals surface area contributed by atoms with Crippen LogP contribution in [-0.4, -0.2) is 64.6 Å². The summed E-state index contributed by atoms with van der Waals surface area (Å²) in [5.41, 5.74) is 0. The Labute approximate surface area is 108 Å². The summed E-state index contributed by atoms with van der Waals surface area (Å²) < 4.78 is 15.8. The van der Waals surface area contributed by atoms with E-state index in [-0.39, 0.29) is 6.35 Å². The molecule has 0 amide bonds. The van der Waals surface area contributed by atoms with E-state index in [2.05, 4.69) is 22.5 Å². The first-order valence-electron chi connectivity index (χ1n) is 6.16. The maximum Gasteiger partial charge on any atom is 0.211 e. The number of likely N-dealkylation sites (N-methyl/N-ethyl adjacent to an activating group) is 1. The van der Waals surface area contributed by atoms with Crippen molar-refractivity contribution in [3.05, 3.63) is 0 Å². The molecule has 2 N–H and O–H groups in total. The Balaban J connectivity index is 2.44. The molecule has 1 aliphatic heterocycles. The first kappa shape index (κ1) is 15.2. The average molecular weight is 260 g/mol. The summed E-state index contributed by atoms with van der Waals surface area (Å²) in [5.74, 6) is 0.729. The quantitative estimate of drug-likeness (QED) is 0.616. The third kappa shape index (κ3) is 4.77. The van der Waals surface area contributed by atoms with Gasteiger partial charge >= 0.3 is 0 Å². The number of aliphatic imine (C=N–C) groups is 1. The highest BCUT2D eigenvalue weighted by molar-refractivity contribution is 5.80. The van der Waals surface area contributed by atoms with Gasteiger partial charge in [-0.2, -0.15) is 0 Å². The highest BCUT2D eigenvalue weighted by Crippen LogP contribution is 2.00. The summed E-state index contributed by atoms with van der Waals surface area (Å²) in [6.45, 7) is 4.32. The van der Waals surface area contributed by atoms with Gasteiger partial charge in [0.25, 0.3) is 0 Å². The molecule has 0 unspecified atom stereocenters. The molecule has 106 valence electrons. The molecule has 1 aliphatic rings. The lowest BCUT2D eigenvalue weighted by Crippen LogP contribution is -2.59. The molecule has 0 spiro atoms. The highest BCUT2D eigenvalue weighted by Gasteiger charge is 2.23. The number of ether oxygens (including phenoxy) is 3. The van der Waals surface area contributed by atoms with Gasteiger partial charge in [-0.1, -0.05) is 6.92 Å². The molecule has 0 aromatic rings. The van der Waals surface area contributed by atoms with Crippen molar-refractivity contribution >= 4 is 5.96 Å². The second-order valence-corrected chi connectivity index (χ2v) is 4.00. The molecule has 18 heavy (non-hydrogen) atoms. The summed E-state index contributed by atoms with van der Waals surface area (Å²) in [7, 11) is 5.16. The Morgan fingerprint density at radius 1 is 1.28 bits per heavy atom. The summed E-state index contributed by atoms with van der Waals surface area (Å²) in [6, 6.07) is 0. The Morgan fingerprint density at radius 3 is 2.67 bits per heavy atom. The lowest BCUT2D eigenvalue weighted by molar-refractivity contribution is -0.0244. The minimum atomic E-state index is -0.398. The predicted octanol–water partition coefficient (Wildman–Crippen LogP) is -0.246. The summed E-state index contributed by atoms with van der Waals surface area (Å²) in [6.07, 6.45) is 0.330. The largest absolute Gasteiger partial charge is 0.380 e. The van der Waals surface area contributed by atoms with E-state index in [1.807, 2.05) is 11.9 Å².